The molecular formula is C44H66N4O13S. The first-order valence-corrected chi connectivity index (χ1v) is 22.6. The van der Waals surface area contributed by atoms with E-state index in [1.54, 1.807) is 42.0 Å². The smallest absolute Gasteiger partial charge is 0.308 e. The van der Waals surface area contributed by atoms with Gasteiger partial charge in [-0.05, 0) is 70.6 Å². The maximum Gasteiger partial charge on any atom is 0.308 e. The van der Waals surface area contributed by atoms with Crippen molar-refractivity contribution in [1.29, 1.82) is 0 Å². The number of aliphatic hydroxyl groups excluding tert-OH is 3. The Hall–Kier alpha value is -2.98. The number of carbonyl (C=O) groups is 2. The van der Waals surface area contributed by atoms with E-state index in [1.807, 2.05) is 68.9 Å². The van der Waals surface area contributed by atoms with Gasteiger partial charge in [0, 0.05) is 49.5 Å². The van der Waals surface area contributed by atoms with Crippen molar-refractivity contribution in [3.05, 3.63) is 46.8 Å². The lowest BCUT2D eigenvalue weighted by molar-refractivity contribution is -0.304. The minimum absolute atomic E-state index is 0.0331. The van der Waals surface area contributed by atoms with Gasteiger partial charge in [-0.25, -0.2) is 0 Å². The van der Waals surface area contributed by atoms with Crippen LogP contribution in [0.2, 0.25) is 0 Å². The first kappa shape index (κ1) is 48.5. The SMILES string of the molecule is CC[C@H]1OC(=O)C[C@@H](O)[C@H](C)[C@@H](O[C@@H]2O[C@@H]3O[C@H]3C(N(C)C)C2O)[C@@H](CCn2cc(-c3ccsc3)nn2)C[C@@H](C)C(=O)/C=C/C(C)=C/[C@@H]1CO[C@@H]1OC(C)[C@@H](O)[C@H](OC)C1OC. The fraction of sp³-hybridized carbons (Fsp3) is 0.727. The lowest BCUT2D eigenvalue weighted by atomic mass is 9.79. The molecule has 6 heterocycles. The molecule has 0 spiro atoms. The molecule has 0 radical (unpaired) electrons. The number of likely N-dealkylation sites (N-methyl/N-ethyl adjacent to an activating group) is 1. The van der Waals surface area contributed by atoms with Gasteiger partial charge in [0.1, 0.15) is 42.3 Å². The van der Waals surface area contributed by atoms with E-state index in [9.17, 15) is 24.9 Å². The van der Waals surface area contributed by atoms with E-state index in [4.69, 9.17) is 37.9 Å². The zero-order chi connectivity index (χ0) is 44.8. The van der Waals surface area contributed by atoms with Crippen LogP contribution in [-0.4, -0.2) is 162 Å². The molecule has 0 amide bonds. The average molecular weight is 891 g/mol. The van der Waals surface area contributed by atoms with Gasteiger partial charge in [-0.1, -0.05) is 43.7 Å². The number of ether oxygens (including phenoxy) is 8. The Kier molecular flexibility index (Phi) is 17.0. The molecule has 2 aromatic heterocycles. The zero-order valence-corrected chi connectivity index (χ0v) is 38.0. The summed E-state index contributed by atoms with van der Waals surface area (Å²) in [6.07, 6.45) is -1.81. The van der Waals surface area contributed by atoms with Gasteiger partial charge in [0.05, 0.1) is 43.6 Å². The van der Waals surface area contributed by atoms with Crippen molar-refractivity contribution in [2.75, 3.05) is 34.9 Å². The number of nitrogens with zero attached hydrogens (tertiary/aromatic N) is 4. The molecule has 4 unspecified atom stereocenters. The summed E-state index contributed by atoms with van der Waals surface area (Å²) in [6.45, 7) is 9.58. The summed E-state index contributed by atoms with van der Waals surface area (Å²) in [5.41, 5.74) is 2.44. The summed E-state index contributed by atoms with van der Waals surface area (Å²) in [4.78, 5) is 29.7. The predicted octanol–water partition coefficient (Wildman–Crippen LogP) is 3.36. The van der Waals surface area contributed by atoms with Gasteiger partial charge in [-0.2, -0.15) is 11.3 Å². The molecule has 0 aromatic carbocycles. The number of cyclic esters (lactones) is 1. The Morgan fingerprint density at radius 1 is 0.984 bits per heavy atom. The highest BCUT2D eigenvalue weighted by molar-refractivity contribution is 7.08. The van der Waals surface area contributed by atoms with Crippen LogP contribution >= 0.6 is 11.3 Å². The van der Waals surface area contributed by atoms with Gasteiger partial charge < -0.3 is 58.1 Å². The normalized spacial score (nSPS) is 40.1. The predicted molar refractivity (Wildman–Crippen MR) is 226 cm³/mol. The summed E-state index contributed by atoms with van der Waals surface area (Å²) in [7, 11) is 6.68. The standard InChI is InChI=1S/C44H66N4O13S/c1-10-33-29(21-56-43-41(55-9)40(54-8)36(52)26(5)57-43)17-23(2)11-12-31(49)24(3)18-27(13-15-48-20-30(45-46-48)28-14-16-62-22-28)38(25(4)32(50)19-34(51)58-33)59-42-37(53)35(47(6)7)39-44(60-39)61-42/h11-12,14,16-17,20,22,24-27,29,32-33,35-44,50,52-53H,10,13,15,18-19,21H2,1-9H3/b12-11+,23-17+/t24-,25+,26?,27+,29-,32-,33-,35?,36-,37?,38-,39+,40+,41?,42-,43-,44+/m1/s1. The van der Waals surface area contributed by atoms with E-state index in [1.165, 1.54) is 14.2 Å². The molecule has 0 bridgehead atoms. The van der Waals surface area contributed by atoms with Crippen LogP contribution in [0.4, 0.5) is 0 Å². The number of hydrogen-bond donors (Lipinski definition) is 3. The van der Waals surface area contributed by atoms with E-state index < -0.39 is 103 Å². The van der Waals surface area contributed by atoms with E-state index >= 15 is 0 Å². The summed E-state index contributed by atoms with van der Waals surface area (Å²) in [6, 6.07) is 1.57. The van der Waals surface area contributed by atoms with Crippen molar-refractivity contribution in [2.45, 2.75) is 147 Å². The van der Waals surface area contributed by atoms with Crippen molar-refractivity contribution in [1.82, 2.24) is 19.9 Å². The number of rotatable bonds is 13. The molecule has 17 nitrogen and oxygen atoms in total. The van der Waals surface area contributed by atoms with E-state index in [-0.39, 0.29) is 24.9 Å². The van der Waals surface area contributed by atoms with Crippen LogP contribution < -0.4 is 0 Å². The number of ketones is 1. The van der Waals surface area contributed by atoms with Gasteiger partial charge in [-0.3, -0.25) is 14.3 Å². The molecule has 0 saturated carbocycles. The van der Waals surface area contributed by atoms with E-state index in [2.05, 4.69) is 10.3 Å². The molecule has 3 N–H and O–H groups in total. The number of carbonyl (C=O) groups excluding carboxylic acids is 2. The topological polar surface area (TPSA) is 206 Å². The number of fused-ring (bicyclic) bond motifs is 1. The quantitative estimate of drug-likeness (QED) is 0.195. The summed E-state index contributed by atoms with van der Waals surface area (Å²) in [5.74, 6) is -2.82. The Morgan fingerprint density at radius 3 is 2.42 bits per heavy atom. The van der Waals surface area contributed by atoms with Crippen LogP contribution in [0.15, 0.2) is 46.8 Å². The summed E-state index contributed by atoms with van der Waals surface area (Å²) >= 11 is 1.57. The van der Waals surface area contributed by atoms with Crippen LogP contribution in [0.3, 0.4) is 0 Å². The zero-order valence-electron chi connectivity index (χ0n) is 37.2. The van der Waals surface area contributed by atoms with Crippen LogP contribution in [-0.2, 0) is 54.0 Å². The number of aromatic nitrogens is 3. The first-order valence-electron chi connectivity index (χ1n) is 21.7. The number of hydrogen-bond acceptors (Lipinski definition) is 17. The van der Waals surface area contributed by atoms with Crippen LogP contribution in [0.5, 0.6) is 0 Å². The minimum Gasteiger partial charge on any atom is -0.462 e. The molecule has 4 aliphatic rings. The van der Waals surface area contributed by atoms with Crippen molar-refractivity contribution in [2.24, 2.45) is 23.7 Å². The maximum absolute atomic E-state index is 14.0. The van der Waals surface area contributed by atoms with Gasteiger partial charge in [0.2, 0.25) is 0 Å². The van der Waals surface area contributed by atoms with E-state index in [0.717, 1.165) is 16.8 Å². The number of methoxy groups -OCH3 is 2. The monoisotopic (exact) mass is 890 g/mol. The third-order valence-electron chi connectivity index (χ3n) is 12.7. The Bertz CT molecular complexity index is 1810. The summed E-state index contributed by atoms with van der Waals surface area (Å²) in [5, 5.41) is 46.9. The highest BCUT2D eigenvalue weighted by atomic mass is 32.1. The Morgan fingerprint density at radius 2 is 1.74 bits per heavy atom. The van der Waals surface area contributed by atoms with Gasteiger partial charge in [0.25, 0.3) is 0 Å². The molecule has 18 heteroatoms. The molecule has 2 aromatic rings. The lowest BCUT2D eigenvalue weighted by Gasteiger charge is -2.42. The lowest BCUT2D eigenvalue weighted by Crippen LogP contribution is -2.59. The third-order valence-corrected chi connectivity index (χ3v) is 13.4. The van der Waals surface area contributed by atoms with Gasteiger partial charge >= 0.3 is 5.97 Å². The first-order chi connectivity index (χ1) is 29.6. The average Bonchev–Trinajstić information content (AvgIpc) is 3.56. The molecule has 4 aliphatic heterocycles. The second-order valence-corrected chi connectivity index (χ2v) is 18.2. The number of esters is 1. The third kappa shape index (κ3) is 11.6. The highest BCUT2D eigenvalue weighted by Crippen LogP contribution is 2.41. The Balaban J connectivity index is 1.28. The number of aryl methyl sites for hydroxylation is 1. The van der Waals surface area contributed by atoms with Crippen LogP contribution in [0.1, 0.15) is 60.3 Å². The molecule has 17 atom stereocenters. The van der Waals surface area contributed by atoms with Crippen LogP contribution in [0, 0.1) is 23.7 Å². The van der Waals surface area contributed by atoms with Crippen molar-refractivity contribution in [3.8, 4) is 11.3 Å². The number of epoxide rings is 1. The van der Waals surface area contributed by atoms with Gasteiger partial charge in [0.15, 0.2) is 24.7 Å². The molecule has 3 saturated heterocycles. The minimum atomic E-state index is -1.25. The van der Waals surface area contributed by atoms with Crippen LogP contribution in [0.25, 0.3) is 11.3 Å². The molecule has 6 rings (SSSR count). The molecule has 3 fully saturated rings. The van der Waals surface area contributed by atoms with Crippen molar-refractivity contribution in [3.63, 3.8) is 0 Å². The highest BCUT2D eigenvalue weighted by Gasteiger charge is 2.58. The van der Waals surface area contributed by atoms with E-state index in [0.29, 0.717) is 25.8 Å². The second-order valence-electron chi connectivity index (χ2n) is 17.4. The fourth-order valence-electron chi connectivity index (χ4n) is 8.94. The molecule has 62 heavy (non-hydrogen) atoms. The van der Waals surface area contributed by atoms with Crippen molar-refractivity contribution >= 4 is 23.1 Å². The van der Waals surface area contributed by atoms with Gasteiger partial charge in [-0.15, -0.1) is 5.10 Å². The molecule has 0 aliphatic carbocycles. The largest absolute Gasteiger partial charge is 0.462 e. The van der Waals surface area contributed by atoms with Crippen molar-refractivity contribution < 1.29 is 62.8 Å². The molecule has 346 valence electrons. The number of allylic oxidation sites excluding steroid dienone is 3. The second kappa shape index (κ2) is 21.8. The fourth-order valence-corrected chi connectivity index (χ4v) is 9.59. The summed E-state index contributed by atoms with van der Waals surface area (Å²) < 4.78 is 50.0. The maximum atomic E-state index is 14.0. The number of aliphatic hydroxyl groups is 3. The molecular weight excluding hydrogens is 825 g/mol. The number of thiophene rings is 1. The Labute approximate surface area is 368 Å².